The predicted molar refractivity (Wildman–Crippen MR) is 99.2 cm³/mol. The second kappa shape index (κ2) is 8.59. The third-order valence-electron chi connectivity index (χ3n) is 3.93. The van der Waals surface area contributed by atoms with E-state index in [4.69, 9.17) is 14.2 Å². The van der Waals surface area contributed by atoms with Crippen LogP contribution in [0, 0.1) is 10.1 Å². The summed E-state index contributed by atoms with van der Waals surface area (Å²) >= 11 is 0. The van der Waals surface area contributed by atoms with Gasteiger partial charge < -0.3 is 24.8 Å². The van der Waals surface area contributed by atoms with Crippen molar-refractivity contribution >= 4 is 17.7 Å². The normalized spacial score (nSPS) is 16.4. The van der Waals surface area contributed by atoms with Crippen LogP contribution in [0.25, 0.3) is 0 Å². The molecule has 1 unspecified atom stereocenters. The van der Waals surface area contributed by atoms with Crippen LogP contribution in [-0.4, -0.2) is 36.7 Å². The molecule has 1 aliphatic rings. The molecule has 1 aromatic rings. The number of nitro groups is 1. The fraction of sp³-hybridized carbons (Fsp3) is 0.444. The SMILES string of the molecule is CCOc1c(OC)cc(C2NC(=O)NC(C)=C2C(=O)OC(C)C)cc1[N+](=O)[O-]. The molecule has 0 saturated carbocycles. The van der Waals surface area contributed by atoms with Crippen molar-refractivity contribution < 1.29 is 28.7 Å². The Morgan fingerprint density at radius 1 is 1.36 bits per heavy atom. The molecule has 0 bridgehead atoms. The van der Waals surface area contributed by atoms with Crippen LogP contribution >= 0.6 is 0 Å². The number of esters is 1. The molecular weight excluding hydrogens is 370 g/mol. The number of nitrogens with zero attached hydrogens (tertiary/aromatic N) is 1. The molecule has 1 aromatic carbocycles. The number of carbonyl (C=O) groups excluding carboxylic acids is 2. The van der Waals surface area contributed by atoms with Crippen LogP contribution in [0.2, 0.25) is 0 Å². The molecule has 2 N–H and O–H groups in total. The standard InChI is InChI=1S/C18H23N3O7/c1-6-27-16-12(21(24)25)7-11(8-13(16)26-5)15-14(17(22)28-9(2)3)10(4)19-18(23)20-15/h7-9,15H,6H2,1-5H3,(H2,19,20,23). The third kappa shape index (κ3) is 4.33. The van der Waals surface area contributed by atoms with Crippen LogP contribution < -0.4 is 20.1 Å². The lowest BCUT2D eigenvalue weighted by atomic mass is 9.94. The third-order valence-corrected chi connectivity index (χ3v) is 3.93. The van der Waals surface area contributed by atoms with Gasteiger partial charge in [0.25, 0.3) is 0 Å². The number of nitro benzene ring substituents is 1. The number of methoxy groups -OCH3 is 1. The minimum Gasteiger partial charge on any atom is -0.493 e. The molecule has 1 aliphatic heterocycles. The van der Waals surface area contributed by atoms with Gasteiger partial charge in [0.15, 0.2) is 5.75 Å². The van der Waals surface area contributed by atoms with Crippen molar-refractivity contribution in [2.45, 2.75) is 39.8 Å². The smallest absolute Gasteiger partial charge is 0.338 e. The number of benzene rings is 1. The molecule has 2 rings (SSSR count). The summed E-state index contributed by atoms with van der Waals surface area (Å²) in [6, 6.07) is 1.24. The second-order valence-corrected chi connectivity index (χ2v) is 6.29. The lowest BCUT2D eigenvalue weighted by molar-refractivity contribution is -0.386. The first-order chi connectivity index (χ1) is 13.2. The number of rotatable bonds is 7. The zero-order chi connectivity index (χ0) is 21.0. The van der Waals surface area contributed by atoms with Gasteiger partial charge in [-0.2, -0.15) is 0 Å². The molecule has 10 heteroatoms. The second-order valence-electron chi connectivity index (χ2n) is 6.29. The first kappa shape index (κ1) is 21.0. The van der Waals surface area contributed by atoms with Gasteiger partial charge in [-0.3, -0.25) is 10.1 Å². The highest BCUT2D eigenvalue weighted by Crippen LogP contribution is 2.41. The molecule has 1 atom stereocenters. The van der Waals surface area contributed by atoms with Crippen molar-refractivity contribution in [2.75, 3.05) is 13.7 Å². The van der Waals surface area contributed by atoms with E-state index in [1.165, 1.54) is 19.2 Å². The van der Waals surface area contributed by atoms with E-state index in [0.717, 1.165) is 0 Å². The number of hydrogen-bond acceptors (Lipinski definition) is 7. The molecule has 10 nitrogen and oxygen atoms in total. The van der Waals surface area contributed by atoms with Crippen molar-refractivity contribution in [1.82, 2.24) is 10.6 Å². The highest BCUT2D eigenvalue weighted by Gasteiger charge is 2.35. The highest BCUT2D eigenvalue weighted by molar-refractivity contribution is 5.95. The molecule has 1 heterocycles. The summed E-state index contributed by atoms with van der Waals surface area (Å²) in [5.41, 5.74) is 0.402. The summed E-state index contributed by atoms with van der Waals surface area (Å²) in [6.45, 7) is 6.84. The minimum atomic E-state index is -0.955. The average molecular weight is 393 g/mol. The lowest BCUT2D eigenvalue weighted by Gasteiger charge is -2.29. The van der Waals surface area contributed by atoms with Crippen LogP contribution in [0.1, 0.15) is 39.3 Å². The predicted octanol–water partition coefficient (Wildman–Crippen LogP) is 2.58. The van der Waals surface area contributed by atoms with Crippen molar-refractivity contribution in [3.05, 3.63) is 39.1 Å². The topological polar surface area (TPSA) is 129 Å². The van der Waals surface area contributed by atoms with Crippen LogP contribution in [0.3, 0.4) is 0 Å². The maximum absolute atomic E-state index is 12.6. The van der Waals surface area contributed by atoms with E-state index in [1.54, 1.807) is 27.7 Å². The van der Waals surface area contributed by atoms with E-state index in [-0.39, 0.29) is 41.0 Å². The van der Waals surface area contributed by atoms with Gasteiger partial charge >= 0.3 is 17.7 Å². The van der Waals surface area contributed by atoms with Crippen LogP contribution in [0.5, 0.6) is 11.5 Å². The van der Waals surface area contributed by atoms with Crippen LogP contribution in [-0.2, 0) is 9.53 Å². The largest absolute Gasteiger partial charge is 0.493 e. The van der Waals surface area contributed by atoms with E-state index >= 15 is 0 Å². The monoisotopic (exact) mass is 393 g/mol. The van der Waals surface area contributed by atoms with E-state index in [2.05, 4.69) is 10.6 Å². The molecule has 0 spiro atoms. The van der Waals surface area contributed by atoms with Gasteiger partial charge in [0.05, 0.1) is 36.4 Å². The van der Waals surface area contributed by atoms with Crippen molar-refractivity contribution in [2.24, 2.45) is 0 Å². The zero-order valence-corrected chi connectivity index (χ0v) is 16.3. The summed E-state index contributed by atoms with van der Waals surface area (Å²) in [5, 5.41) is 16.7. The molecule has 2 amide bonds. The van der Waals surface area contributed by atoms with Crippen molar-refractivity contribution in [3.8, 4) is 11.5 Å². The number of allylic oxidation sites excluding steroid dienone is 1. The van der Waals surface area contributed by atoms with E-state index < -0.39 is 23.0 Å². The Morgan fingerprint density at radius 2 is 2.04 bits per heavy atom. The molecule has 0 aliphatic carbocycles. The molecule has 0 saturated heterocycles. The Kier molecular flexibility index (Phi) is 6.45. The molecule has 28 heavy (non-hydrogen) atoms. The fourth-order valence-electron chi connectivity index (χ4n) is 2.84. The van der Waals surface area contributed by atoms with Gasteiger partial charge in [-0.1, -0.05) is 0 Å². The summed E-state index contributed by atoms with van der Waals surface area (Å²) < 4.78 is 15.9. The maximum atomic E-state index is 12.6. The highest BCUT2D eigenvalue weighted by atomic mass is 16.6. The number of urea groups is 1. The lowest BCUT2D eigenvalue weighted by Crippen LogP contribution is -2.45. The molecule has 152 valence electrons. The average Bonchev–Trinajstić information content (AvgIpc) is 2.60. The first-order valence-electron chi connectivity index (χ1n) is 8.67. The summed E-state index contributed by atoms with van der Waals surface area (Å²) in [5.74, 6) is -0.542. The Hall–Kier alpha value is -3.30. The first-order valence-corrected chi connectivity index (χ1v) is 8.67. The minimum absolute atomic E-state index is 0.0222. The Balaban J connectivity index is 2.63. The van der Waals surface area contributed by atoms with Gasteiger partial charge in [0.2, 0.25) is 5.75 Å². The van der Waals surface area contributed by atoms with Gasteiger partial charge in [-0.25, -0.2) is 9.59 Å². The van der Waals surface area contributed by atoms with Gasteiger partial charge in [-0.15, -0.1) is 0 Å². The van der Waals surface area contributed by atoms with Crippen molar-refractivity contribution in [3.63, 3.8) is 0 Å². The Morgan fingerprint density at radius 3 is 2.57 bits per heavy atom. The fourth-order valence-corrected chi connectivity index (χ4v) is 2.84. The number of ether oxygens (including phenoxy) is 3. The summed E-state index contributed by atoms with van der Waals surface area (Å²) in [6.07, 6.45) is -0.379. The van der Waals surface area contributed by atoms with Gasteiger partial charge in [-0.05, 0) is 39.3 Å². The van der Waals surface area contributed by atoms with Gasteiger partial charge in [0, 0.05) is 11.8 Å². The maximum Gasteiger partial charge on any atom is 0.338 e. The Labute approximate surface area is 162 Å². The van der Waals surface area contributed by atoms with Crippen molar-refractivity contribution in [1.29, 1.82) is 0 Å². The quantitative estimate of drug-likeness (QED) is 0.414. The number of carbonyl (C=O) groups is 2. The summed E-state index contributed by atoms with van der Waals surface area (Å²) in [7, 11) is 1.35. The van der Waals surface area contributed by atoms with E-state index in [9.17, 15) is 19.7 Å². The number of nitrogens with one attached hydrogen (secondary N) is 2. The molecule has 0 radical (unpaired) electrons. The molecular formula is C18H23N3O7. The van der Waals surface area contributed by atoms with Gasteiger partial charge in [0.1, 0.15) is 0 Å². The Bertz CT molecular complexity index is 833. The molecule has 0 fully saturated rings. The summed E-state index contributed by atoms with van der Waals surface area (Å²) in [4.78, 5) is 35.5. The van der Waals surface area contributed by atoms with Crippen LogP contribution in [0.15, 0.2) is 23.4 Å². The van der Waals surface area contributed by atoms with Crippen LogP contribution in [0.4, 0.5) is 10.5 Å². The number of hydrogen-bond donors (Lipinski definition) is 2. The van der Waals surface area contributed by atoms with E-state index in [1.807, 2.05) is 0 Å². The zero-order valence-electron chi connectivity index (χ0n) is 16.3. The van der Waals surface area contributed by atoms with E-state index in [0.29, 0.717) is 5.70 Å². The number of amides is 2. The molecule has 0 aromatic heterocycles.